The van der Waals surface area contributed by atoms with Crippen LogP contribution in [0.5, 0.6) is 0 Å². The number of hydrogen-bond donors (Lipinski definition) is 2. The summed E-state index contributed by atoms with van der Waals surface area (Å²) in [7, 11) is -1.49. The van der Waals surface area contributed by atoms with Gasteiger partial charge in [-0.3, -0.25) is 4.68 Å². The van der Waals surface area contributed by atoms with Crippen LogP contribution < -0.4 is 5.32 Å². The summed E-state index contributed by atoms with van der Waals surface area (Å²) in [6.07, 6.45) is 8.25. The van der Waals surface area contributed by atoms with Crippen molar-refractivity contribution in [3.8, 4) is 17.3 Å². The van der Waals surface area contributed by atoms with Crippen LogP contribution in [0.4, 0.5) is 5.95 Å². The van der Waals surface area contributed by atoms with Crippen molar-refractivity contribution in [3.63, 3.8) is 0 Å². The number of aliphatic hydroxyl groups is 1. The van der Waals surface area contributed by atoms with Crippen molar-refractivity contribution >= 4 is 37.5 Å². The van der Waals surface area contributed by atoms with Gasteiger partial charge < -0.3 is 15.3 Å². The minimum absolute atomic E-state index is 0.136. The van der Waals surface area contributed by atoms with Crippen LogP contribution in [0.25, 0.3) is 21.5 Å². The Labute approximate surface area is 220 Å². The summed E-state index contributed by atoms with van der Waals surface area (Å²) < 4.78 is 27.8. The molecule has 3 aromatic rings. The van der Waals surface area contributed by atoms with Crippen molar-refractivity contribution in [1.29, 1.82) is 5.26 Å². The summed E-state index contributed by atoms with van der Waals surface area (Å²) in [6.45, 7) is 8.14. The molecule has 0 unspecified atom stereocenters. The Morgan fingerprint density at radius 1 is 1.43 bits per heavy atom. The van der Waals surface area contributed by atoms with Crippen LogP contribution in [-0.4, -0.2) is 81.0 Å². The minimum atomic E-state index is -3.34. The van der Waals surface area contributed by atoms with E-state index in [9.17, 15) is 18.8 Å². The molecule has 1 aliphatic rings. The summed E-state index contributed by atoms with van der Waals surface area (Å²) in [5.74, 6) is 0.370. The largest absolute Gasteiger partial charge is 0.389 e. The van der Waals surface area contributed by atoms with Crippen LogP contribution in [0.2, 0.25) is 0 Å². The fourth-order valence-corrected chi connectivity index (χ4v) is 6.10. The van der Waals surface area contributed by atoms with Crippen LogP contribution >= 0.6 is 11.3 Å². The quantitative estimate of drug-likeness (QED) is 0.370. The Kier molecular flexibility index (Phi) is 7.13. The Bertz CT molecular complexity index is 1490. The summed E-state index contributed by atoms with van der Waals surface area (Å²) in [5, 5.41) is 29.1. The molecule has 1 saturated heterocycles. The van der Waals surface area contributed by atoms with Crippen LogP contribution in [-0.2, 0) is 15.6 Å². The van der Waals surface area contributed by atoms with E-state index in [0.29, 0.717) is 23.9 Å². The highest BCUT2D eigenvalue weighted by Crippen LogP contribution is 2.36. The maximum Gasteiger partial charge on any atom is 0.228 e. The predicted octanol–water partition coefficient (Wildman–Crippen LogP) is 2.58. The third-order valence-electron chi connectivity index (χ3n) is 5.94. The Morgan fingerprint density at radius 2 is 2.16 bits per heavy atom. The number of aromatic nitrogens is 4. The van der Waals surface area contributed by atoms with Gasteiger partial charge in [-0.25, -0.2) is 18.4 Å². The molecular weight excluding hydrogens is 512 g/mol. The molecule has 0 spiro atoms. The molecule has 0 amide bonds. The molecule has 0 atom stereocenters. The zero-order chi connectivity index (χ0) is 27.0. The SMILES string of the molecule is C=C/C(=C\N(C)CC(C)(C)O)Nc1nc(-c2cnn(C3(CC#N)CN(S(C)(=O)=O)C3)c2)c2sccc2n1. The first-order chi connectivity index (χ1) is 17.3. The molecule has 0 saturated carbocycles. The summed E-state index contributed by atoms with van der Waals surface area (Å²) in [4.78, 5) is 11.2. The standard InChI is InChI=1S/C24H30N8O3S2/c1-6-18(13-30(4)14-23(2,3)33)27-22-28-19-7-10-36-21(19)20(29-22)17-11-26-32(12-17)24(8-9-25)15-31(16-24)37(5,34)35/h6-7,10-13,33H,1,8,14-16H2,2-5H3,(H,27,28,29)/b18-13+. The van der Waals surface area contributed by atoms with E-state index in [4.69, 9.17) is 4.98 Å². The number of anilines is 1. The lowest BCUT2D eigenvalue weighted by Gasteiger charge is -2.47. The van der Waals surface area contributed by atoms with Crippen LogP contribution in [0.3, 0.4) is 0 Å². The molecule has 2 N–H and O–H groups in total. The zero-order valence-corrected chi connectivity index (χ0v) is 22.8. The predicted molar refractivity (Wildman–Crippen MR) is 144 cm³/mol. The number of likely N-dealkylation sites (N-methyl/N-ethyl adjacent to an activating group) is 1. The van der Waals surface area contributed by atoms with Crippen LogP contribution in [0.15, 0.2) is 48.4 Å². The molecule has 13 heteroatoms. The van der Waals surface area contributed by atoms with Crippen molar-refractivity contribution < 1.29 is 13.5 Å². The second-order valence-corrected chi connectivity index (χ2v) is 12.8. The van der Waals surface area contributed by atoms with E-state index >= 15 is 0 Å². The highest BCUT2D eigenvalue weighted by atomic mass is 32.2. The molecule has 4 heterocycles. The number of sulfonamides is 1. The first-order valence-electron chi connectivity index (χ1n) is 11.5. The van der Waals surface area contributed by atoms with Gasteiger partial charge in [0, 0.05) is 44.6 Å². The highest BCUT2D eigenvalue weighted by Gasteiger charge is 2.49. The highest BCUT2D eigenvalue weighted by molar-refractivity contribution is 7.88. The maximum absolute atomic E-state index is 11.9. The lowest BCUT2D eigenvalue weighted by atomic mass is 9.89. The third kappa shape index (κ3) is 5.83. The number of allylic oxidation sites excluding steroid dienone is 1. The van der Waals surface area contributed by atoms with E-state index in [2.05, 4.69) is 28.0 Å². The zero-order valence-electron chi connectivity index (χ0n) is 21.2. The summed E-state index contributed by atoms with van der Waals surface area (Å²) in [6, 6.07) is 4.08. The van der Waals surface area contributed by atoms with Gasteiger partial charge in [-0.15, -0.1) is 11.3 Å². The number of fused-ring (bicyclic) bond motifs is 1. The molecule has 4 rings (SSSR count). The van der Waals surface area contributed by atoms with Crippen molar-refractivity contribution in [3.05, 3.63) is 48.4 Å². The van der Waals surface area contributed by atoms with Crippen molar-refractivity contribution in [2.45, 2.75) is 31.4 Å². The second kappa shape index (κ2) is 9.86. The number of nitrogens with zero attached hydrogens (tertiary/aromatic N) is 7. The average molecular weight is 543 g/mol. The molecule has 0 bridgehead atoms. The number of nitrogens with one attached hydrogen (secondary N) is 1. The minimum Gasteiger partial charge on any atom is -0.389 e. The second-order valence-electron chi connectivity index (χ2n) is 9.94. The molecule has 0 aromatic carbocycles. The van der Waals surface area contributed by atoms with Gasteiger partial charge in [-0.05, 0) is 31.4 Å². The monoisotopic (exact) mass is 542 g/mol. The first kappa shape index (κ1) is 26.7. The lowest BCUT2D eigenvalue weighted by molar-refractivity contribution is 0.0567. The van der Waals surface area contributed by atoms with Crippen LogP contribution in [0, 0.1) is 11.3 Å². The first-order valence-corrected chi connectivity index (χ1v) is 14.2. The Hall–Kier alpha value is -3.31. The number of rotatable bonds is 10. The van der Waals surface area contributed by atoms with Gasteiger partial charge >= 0.3 is 0 Å². The topological polar surface area (TPSA) is 140 Å². The fraction of sp³-hybridized carbons (Fsp3) is 0.417. The van der Waals surface area contributed by atoms with Gasteiger partial charge in [0.2, 0.25) is 16.0 Å². The van der Waals surface area contributed by atoms with Gasteiger partial charge in [0.1, 0.15) is 5.54 Å². The molecule has 3 aromatic heterocycles. The van der Waals surface area contributed by atoms with Gasteiger partial charge in [-0.1, -0.05) is 6.58 Å². The molecule has 37 heavy (non-hydrogen) atoms. The van der Waals surface area contributed by atoms with Crippen molar-refractivity contribution in [1.82, 2.24) is 29.0 Å². The van der Waals surface area contributed by atoms with E-state index in [1.54, 1.807) is 30.8 Å². The molecule has 0 aliphatic carbocycles. The lowest BCUT2D eigenvalue weighted by Crippen LogP contribution is -2.63. The molecule has 196 valence electrons. The fourth-order valence-electron chi connectivity index (χ4n) is 4.31. The molecular formula is C24H30N8O3S2. The van der Waals surface area contributed by atoms with E-state index in [-0.39, 0.29) is 19.5 Å². The third-order valence-corrected chi connectivity index (χ3v) is 8.04. The van der Waals surface area contributed by atoms with Gasteiger partial charge in [0.25, 0.3) is 0 Å². The Morgan fingerprint density at radius 3 is 2.78 bits per heavy atom. The normalized spacial score (nSPS) is 16.3. The van der Waals surface area contributed by atoms with E-state index in [1.807, 2.05) is 35.8 Å². The molecule has 1 fully saturated rings. The smallest absolute Gasteiger partial charge is 0.228 e. The molecule has 11 nitrogen and oxygen atoms in total. The summed E-state index contributed by atoms with van der Waals surface area (Å²) in [5.41, 5.74) is 1.24. The van der Waals surface area contributed by atoms with E-state index in [1.165, 1.54) is 15.6 Å². The maximum atomic E-state index is 11.9. The van der Waals surface area contributed by atoms with Gasteiger partial charge in [0.15, 0.2) is 0 Å². The number of nitriles is 1. The average Bonchev–Trinajstić information content (AvgIpc) is 3.42. The molecule has 1 aliphatic heterocycles. The van der Waals surface area contributed by atoms with Crippen molar-refractivity contribution in [2.75, 3.05) is 38.3 Å². The van der Waals surface area contributed by atoms with Crippen LogP contribution in [0.1, 0.15) is 20.3 Å². The number of hydrogen-bond acceptors (Lipinski definition) is 10. The Balaban J connectivity index is 1.66. The number of thiophene rings is 1. The van der Waals surface area contributed by atoms with Crippen molar-refractivity contribution in [2.24, 2.45) is 0 Å². The molecule has 0 radical (unpaired) electrons. The van der Waals surface area contributed by atoms with E-state index < -0.39 is 21.2 Å². The van der Waals surface area contributed by atoms with E-state index in [0.717, 1.165) is 22.0 Å². The van der Waals surface area contributed by atoms with Gasteiger partial charge in [0.05, 0.1) is 52.2 Å². The van der Waals surface area contributed by atoms with Gasteiger partial charge in [-0.2, -0.15) is 14.7 Å². The summed E-state index contributed by atoms with van der Waals surface area (Å²) >= 11 is 1.51.